The molecule has 0 spiro atoms. The first-order valence-electron chi connectivity index (χ1n) is 6.47. The number of aromatic nitrogens is 1. The molecule has 3 heteroatoms. The highest BCUT2D eigenvalue weighted by atomic mass is 35.5. The van der Waals surface area contributed by atoms with Crippen molar-refractivity contribution in [3.63, 3.8) is 0 Å². The minimum absolute atomic E-state index is 0.536. The second-order valence-corrected chi connectivity index (χ2v) is 5.25. The van der Waals surface area contributed by atoms with Gasteiger partial charge in [-0.2, -0.15) is 0 Å². The van der Waals surface area contributed by atoms with Gasteiger partial charge in [0.2, 0.25) is 0 Å². The van der Waals surface area contributed by atoms with Crippen LogP contribution in [0.15, 0.2) is 30.3 Å². The maximum absolute atomic E-state index is 6.06. The van der Waals surface area contributed by atoms with E-state index in [1.807, 2.05) is 12.1 Å². The molecule has 0 radical (unpaired) electrons. The second kappa shape index (κ2) is 4.77. The molecule has 2 aromatic rings. The van der Waals surface area contributed by atoms with Crippen molar-refractivity contribution < 1.29 is 0 Å². The molecule has 0 saturated heterocycles. The van der Waals surface area contributed by atoms with Gasteiger partial charge in [0, 0.05) is 24.4 Å². The normalized spacial score (nSPS) is 15.7. The average molecular weight is 261 g/mol. The van der Waals surface area contributed by atoms with E-state index in [1.165, 1.54) is 30.2 Å². The lowest BCUT2D eigenvalue weighted by atomic mass is 9.92. The van der Waals surface area contributed by atoms with Crippen LogP contribution in [-0.4, -0.2) is 18.1 Å². The van der Waals surface area contributed by atoms with Crippen molar-refractivity contribution in [1.29, 1.82) is 0 Å². The van der Waals surface area contributed by atoms with Gasteiger partial charge in [-0.05, 0) is 37.0 Å². The number of hydrogen-bond donors (Lipinski definition) is 0. The zero-order valence-electron chi connectivity index (χ0n) is 10.6. The summed E-state index contributed by atoms with van der Waals surface area (Å²) in [6.45, 7) is 0. The molecule has 3 rings (SSSR count). The SMILES string of the molecule is CN(c1cc(CCl)c2ccccc2n1)C1CCC1. The Bertz CT molecular complexity index is 563. The number of halogens is 1. The molecule has 1 aliphatic rings. The number of hydrogen-bond acceptors (Lipinski definition) is 2. The summed E-state index contributed by atoms with van der Waals surface area (Å²) in [5.41, 5.74) is 2.21. The van der Waals surface area contributed by atoms with Crippen molar-refractivity contribution in [2.24, 2.45) is 0 Å². The Morgan fingerprint density at radius 1 is 1.33 bits per heavy atom. The number of rotatable bonds is 3. The molecule has 1 fully saturated rings. The van der Waals surface area contributed by atoms with Gasteiger partial charge in [-0.1, -0.05) is 18.2 Å². The molecule has 2 nitrogen and oxygen atoms in total. The van der Waals surface area contributed by atoms with Gasteiger partial charge >= 0.3 is 0 Å². The van der Waals surface area contributed by atoms with Crippen LogP contribution in [0, 0.1) is 0 Å². The maximum Gasteiger partial charge on any atom is 0.129 e. The molecule has 0 amide bonds. The van der Waals surface area contributed by atoms with Crippen LogP contribution < -0.4 is 4.90 Å². The van der Waals surface area contributed by atoms with E-state index in [0.717, 1.165) is 11.3 Å². The molecule has 1 aromatic carbocycles. The first kappa shape index (κ1) is 11.8. The van der Waals surface area contributed by atoms with Crippen LogP contribution in [0.2, 0.25) is 0 Å². The van der Waals surface area contributed by atoms with Crippen molar-refractivity contribution in [2.45, 2.75) is 31.2 Å². The van der Waals surface area contributed by atoms with Crippen LogP contribution in [0.3, 0.4) is 0 Å². The van der Waals surface area contributed by atoms with Crippen LogP contribution in [0.25, 0.3) is 10.9 Å². The van der Waals surface area contributed by atoms with Gasteiger partial charge in [-0.25, -0.2) is 4.98 Å². The molecule has 1 heterocycles. The summed E-state index contributed by atoms with van der Waals surface area (Å²) < 4.78 is 0. The first-order valence-corrected chi connectivity index (χ1v) is 7.00. The summed E-state index contributed by atoms with van der Waals surface area (Å²) in [5, 5.41) is 1.17. The lowest BCUT2D eigenvalue weighted by Crippen LogP contribution is -2.37. The van der Waals surface area contributed by atoms with E-state index >= 15 is 0 Å². The summed E-state index contributed by atoms with van der Waals surface area (Å²) in [7, 11) is 2.14. The van der Waals surface area contributed by atoms with Crippen LogP contribution in [0.4, 0.5) is 5.82 Å². The van der Waals surface area contributed by atoms with Crippen LogP contribution in [0.1, 0.15) is 24.8 Å². The minimum atomic E-state index is 0.536. The molecule has 0 aliphatic heterocycles. The smallest absolute Gasteiger partial charge is 0.129 e. The third-order valence-electron chi connectivity index (χ3n) is 3.92. The Hall–Kier alpha value is -1.28. The Morgan fingerprint density at radius 3 is 2.78 bits per heavy atom. The van der Waals surface area contributed by atoms with Crippen molar-refractivity contribution in [1.82, 2.24) is 4.98 Å². The van der Waals surface area contributed by atoms with Gasteiger partial charge in [0.1, 0.15) is 5.82 Å². The van der Waals surface area contributed by atoms with Crippen molar-refractivity contribution >= 4 is 28.3 Å². The zero-order chi connectivity index (χ0) is 12.5. The highest BCUT2D eigenvalue weighted by Crippen LogP contribution is 2.30. The zero-order valence-corrected chi connectivity index (χ0v) is 11.3. The molecule has 0 atom stereocenters. The van der Waals surface area contributed by atoms with Gasteiger partial charge in [0.15, 0.2) is 0 Å². The van der Waals surface area contributed by atoms with E-state index in [-0.39, 0.29) is 0 Å². The fourth-order valence-corrected chi connectivity index (χ4v) is 2.71. The third-order valence-corrected chi connectivity index (χ3v) is 4.20. The predicted octanol–water partition coefficient (Wildman–Crippen LogP) is 3.96. The van der Waals surface area contributed by atoms with E-state index in [1.54, 1.807) is 0 Å². The standard InChI is InChI=1S/C15H17ClN2/c1-18(12-5-4-6-12)15-9-11(10-16)13-7-2-3-8-14(13)17-15/h2-3,7-9,12H,4-6,10H2,1H3. The van der Waals surface area contributed by atoms with Crippen molar-refractivity contribution in [3.05, 3.63) is 35.9 Å². The fourth-order valence-electron chi connectivity index (χ4n) is 2.48. The van der Waals surface area contributed by atoms with Gasteiger partial charge in [0.05, 0.1) is 5.52 Å². The Balaban J connectivity index is 2.07. The van der Waals surface area contributed by atoms with Gasteiger partial charge in [-0.15, -0.1) is 11.6 Å². The molecule has 0 bridgehead atoms. The second-order valence-electron chi connectivity index (χ2n) is 4.99. The molecule has 18 heavy (non-hydrogen) atoms. The number of para-hydroxylation sites is 1. The lowest BCUT2D eigenvalue weighted by Gasteiger charge is -2.35. The number of nitrogens with zero attached hydrogens (tertiary/aromatic N) is 2. The molecular formula is C15H17ClN2. The molecular weight excluding hydrogens is 244 g/mol. The molecule has 1 aliphatic carbocycles. The van der Waals surface area contributed by atoms with Crippen molar-refractivity contribution in [3.8, 4) is 0 Å². The molecule has 0 N–H and O–H groups in total. The predicted molar refractivity (Wildman–Crippen MR) is 77.3 cm³/mol. The van der Waals surface area contributed by atoms with E-state index < -0.39 is 0 Å². The Kier molecular flexibility index (Phi) is 3.13. The minimum Gasteiger partial charge on any atom is -0.357 e. The first-order chi connectivity index (χ1) is 8.79. The van der Waals surface area contributed by atoms with Crippen LogP contribution in [-0.2, 0) is 5.88 Å². The van der Waals surface area contributed by atoms with E-state index in [2.05, 4.69) is 30.1 Å². The average Bonchev–Trinajstić information content (AvgIpc) is 2.35. The van der Waals surface area contributed by atoms with E-state index in [4.69, 9.17) is 16.6 Å². The monoisotopic (exact) mass is 260 g/mol. The van der Waals surface area contributed by atoms with Crippen LogP contribution in [0.5, 0.6) is 0 Å². The Morgan fingerprint density at radius 2 is 2.11 bits per heavy atom. The molecule has 0 unspecified atom stereocenters. The van der Waals surface area contributed by atoms with E-state index in [0.29, 0.717) is 11.9 Å². The summed E-state index contributed by atoms with van der Waals surface area (Å²) in [5.74, 6) is 1.59. The van der Waals surface area contributed by atoms with Gasteiger partial charge in [-0.3, -0.25) is 0 Å². The largest absolute Gasteiger partial charge is 0.357 e. The molecule has 1 saturated carbocycles. The summed E-state index contributed by atoms with van der Waals surface area (Å²) in [6.07, 6.45) is 3.90. The quantitative estimate of drug-likeness (QED) is 0.777. The number of alkyl halides is 1. The van der Waals surface area contributed by atoms with Crippen molar-refractivity contribution in [2.75, 3.05) is 11.9 Å². The summed E-state index contributed by atoms with van der Waals surface area (Å²) in [4.78, 5) is 7.05. The third kappa shape index (κ3) is 1.95. The summed E-state index contributed by atoms with van der Waals surface area (Å²) in [6, 6.07) is 11.0. The highest BCUT2D eigenvalue weighted by Gasteiger charge is 2.23. The highest BCUT2D eigenvalue weighted by molar-refractivity contribution is 6.18. The Labute approximate surface area is 113 Å². The van der Waals surface area contributed by atoms with Gasteiger partial charge in [0.25, 0.3) is 0 Å². The number of fused-ring (bicyclic) bond motifs is 1. The van der Waals surface area contributed by atoms with E-state index in [9.17, 15) is 0 Å². The summed E-state index contributed by atoms with van der Waals surface area (Å²) >= 11 is 6.06. The molecule has 94 valence electrons. The topological polar surface area (TPSA) is 16.1 Å². The van der Waals surface area contributed by atoms with Crippen LogP contribution >= 0.6 is 11.6 Å². The number of pyridine rings is 1. The fraction of sp³-hybridized carbons (Fsp3) is 0.400. The number of benzene rings is 1. The number of anilines is 1. The maximum atomic E-state index is 6.06. The molecule has 1 aromatic heterocycles. The lowest BCUT2D eigenvalue weighted by molar-refractivity contribution is 0.399. The van der Waals surface area contributed by atoms with Gasteiger partial charge < -0.3 is 4.90 Å².